The molecule has 0 aliphatic heterocycles. The molecule has 1 atom stereocenters. The lowest BCUT2D eigenvalue weighted by Crippen LogP contribution is -2.38. The molecule has 1 heterocycles. The van der Waals surface area contributed by atoms with E-state index >= 15 is 0 Å². The second kappa shape index (κ2) is 11.3. The van der Waals surface area contributed by atoms with Gasteiger partial charge in [-0.2, -0.15) is 5.10 Å². The zero-order valence-corrected chi connectivity index (χ0v) is 20.4. The third kappa shape index (κ3) is 5.62. The molecule has 2 N–H and O–H groups in total. The molecule has 0 spiro atoms. The summed E-state index contributed by atoms with van der Waals surface area (Å²) in [5.41, 5.74) is 6.00. The Hall–Kier alpha value is -1.77. The van der Waals surface area contributed by atoms with Crippen molar-refractivity contribution in [2.45, 2.75) is 53.1 Å². The van der Waals surface area contributed by atoms with Crippen molar-refractivity contribution in [2.75, 3.05) is 14.2 Å². The topological polar surface area (TPSA) is 63.5 Å². The van der Waals surface area contributed by atoms with Gasteiger partial charge in [-0.3, -0.25) is 9.67 Å². The largest absolute Gasteiger partial charge is 0.496 e. The number of halogens is 1. The van der Waals surface area contributed by atoms with Crippen LogP contribution in [0.5, 0.6) is 5.75 Å². The highest BCUT2D eigenvalue weighted by atomic mass is 127. The van der Waals surface area contributed by atoms with Gasteiger partial charge in [-0.15, -0.1) is 24.0 Å². The molecular weight excluding hydrogens is 465 g/mol. The number of methoxy groups -OCH3 is 1. The predicted octanol–water partition coefficient (Wildman–Crippen LogP) is 3.91. The number of ether oxygens (including phenoxy) is 1. The van der Waals surface area contributed by atoms with Crippen LogP contribution >= 0.6 is 24.0 Å². The van der Waals surface area contributed by atoms with Crippen molar-refractivity contribution in [1.82, 2.24) is 20.4 Å². The fourth-order valence-electron chi connectivity index (χ4n) is 3.44. The van der Waals surface area contributed by atoms with Gasteiger partial charge in [0.25, 0.3) is 0 Å². The van der Waals surface area contributed by atoms with Crippen molar-refractivity contribution >= 4 is 29.9 Å². The summed E-state index contributed by atoms with van der Waals surface area (Å²) in [5.74, 6) is 1.64. The molecule has 0 aliphatic rings. The predicted molar refractivity (Wildman–Crippen MR) is 127 cm³/mol. The summed E-state index contributed by atoms with van der Waals surface area (Å²) in [4.78, 5) is 4.39. The number of aliphatic imine (C=N–C) groups is 1. The molecular formula is C21H34IN5O. The summed E-state index contributed by atoms with van der Waals surface area (Å²) in [5, 5.41) is 11.6. The van der Waals surface area contributed by atoms with Crippen LogP contribution in [-0.2, 0) is 26.4 Å². The minimum atomic E-state index is 0. The van der Waals surface area contributed by atoms with Gasteiger partial charge in [0.2, 0.25) is 0 Å². The lowest BCUT2D eigenvalue weighted by atomic mass is 10.0. The van der Waals surface area contributed by atoms with Crippen LogP contribution in [0.4, 0.5) is 0 Å². The van der Waals surface area contributed by atoms with E-state index in [4.69, 9.17) is 4.74 Å². The van der Waals surface area contributed by atoms with Gasteiger partial charge < -0.3 is 15.4 Å². The Kier molecular flexibility index (Phi) is 9.78. The van der Waals surface area contributed by atoms with Crippen LogP contribution in [0.25, 0.3) is 0 Å². The molecule has 2 rings (SSSR count). The van der Waals surface area contributed by atoms with Crippen molar-refractivity contribution in [3.63, 3.8) is 0 Å². The first-order chi connectivity index (χ1) is 12.9. The molecule has 6 nitrogen and oxygen atoms in total. The summed E-state index contributed by atoms with van der Waals surface area (Å²) in [6.45, 7) is 9.22. The molecule has 0 saturated carbocycles. The van der Waals surface area contributed by atoms with Crippen LogP contribution < -0.4 is 15.4 Å². The third-order valence-corrected chi connectivity index (χ3v) is 4.89. The molecule has 1 aromatic heterocycles. The monoisotopic (exact) mass is 499 g/mol. The van der Waals surface area contributed by atoms with Crippen LogP contribution in [-0.4, -0.2) is 29.9 Å². The van der Waals surface area contributed by atoms with E-state index in [9.17, 15) is 0 Å². The normalized spacial score (nSPS) is 12.3. The number of aromatic nitrogens is 2. The fraction of sp³-hybridized carbons (Fsp3) is 0.524. The van der Waals surface area contributed by atoms with E-state index in [0.717, 1.165) is 35.8 Å². The van der Waals surface area contributed by atoms with Gasteiger partial charge in [0.1, 0.15) is 5.75 Å². The molecule has 156 valence electrons. The Morgan fingerprint density at radius 1 is 1.29 bits per heavy atom. The smallest absolute Gasteiger partial charge is 0.191 e. The van der Waals surface area contributed by atoms with E-state index in [0.29, 0.717) is 6.54 Å². The number of rotatable bonds is 7. The molecule has 0 aliphatic carbocycles. The maximum Gasteiger partial charge on any atom is 0.191 e. The Morgan fingerprint density at radius 3 is 2.57 bits per heavy atom. The highest BCUT2D eigenvalue weighted by molar-refractivity contribution is 14.0. The first kappa shape index (κ1) is 24.3. The van der Waals surface area contributed by atoms with Gasteiger partial charge in [0, 0.05) is 37.5 Å². The minimum absolute atomic E-state index is 0. The van der Waals surface area contributed by atoms with Crippen molar-refractivity contribution < 1.29 is 4.74 Å². The Balaban J connectivity index is 0.00000392. The molecule has 0 fully saturated rings. The number of hydrogen-bond donors (Lipinski definition) is 2. The number of nitrogens with zero attached hydrogens (tertiary/aromatic N) is 3. The van der Waals surface area contributed by atoms with Gasteiger partial charge in [0.05, 0.1) is 18.8 Å². The van der Waals surface area contributed by atoms with Gasteiger partial charge in [-0.25, -0.2) is 0 Å². The quantitative estimate of drug-likeness (QED) is 0.345. The van der Waals surface area contributed by atoms with Crippen molar-refractivity contribution in [3.05, 3.63) is 46.3 Å². The van der Waals surface area contributed by atoms with Gasteiger partial charge in [-0.05, 0) is 32.8 Å². The lowest BCUT2D eigenvalue weighted by Gasteiger charge is -2.21. The van der Waals surface area contributed by atoms with E-state index in [-0.39, 0.29) is 30.0 Å². The zero-order chi connectivity index (χ0) is 20.0. The van der Waals surface area contributed by atoms with Crippen LogP contribution in [0, 0.1) is 6.92 Å². The van der Waals surface area contributed by atoms with Crippen molar-refractivity contribution in [3.8, 4) is 5.75 Å². The summed E-state index contributed by atoms with van der Waals surface area (Å²) in [6.07, 6.45) is 1.89. The fourth-order valence-corrected chi connectivity index (χ4v) is 3.44. The summed E-state index contributed by atoms with van der Waals surface area (Å²) >= 11 is 0. The van der Waals surface area contributed by atoms with E-state index in [1.807, 2.05) is 17.8 Å². The molecule has 0 radical (unpaired) electrons. The maximum absolute atomic E-state index is 5.52. The zero-order valence-electron chi connectivity index (χ0n) is 18.1. The highest BCUT2D eigenvalue weighted by Gasteiger charge is 2.16. The van der Waals surface area contributed by atoms with E-state index in [1.165, 1.54) is 16.8 Å². The number of benzene rings is 1. The van der Waals surface area contributed by atoms with E-state index < -0.39 is 0 Å². The Morgan fingerprint density at radius 2 is 2.00 bits per heavy atom. The average molecular weight is 499 g/mol. The van der Waals surface area contributed by atoms with Crippen molar-refractivity contribution in [1.29, 1.82) is 0 Å². The van der Waals surface area contributed by atoms with Gasteiger partial charge >= 0.3 is 0 Å². The lowest BCUT2D eigenvalue weighted by molar-refractivity contribution is 0.405. The van der Waals surface area contributed by atoms with Crippen LogP contribution in [0.15, 0.2) is 23.2 Å². The van der Waals surface area contributed by atoms with E-state index in [1.54, 1.807) is 14.2 Å². The standard InChI is InChI=1S/C21H33N5O.HI/c1-8-18-17(19(9-2)26(6)25-18)13-23-21(22-5)24-15(4)16-12-14(3)10-11-20(16)27-7;/h10-12,15H,8-9,13H2,1-7H3,(H2,22,23,24);1H. The molecule has 7 heteroatoms. The Bertz CT molecular complexity index is 800. The summed E-state index contributed by atoms with van der Waals surface area (Å²) < 4.78 is 7.51. The summed E-state index contributed by atoms with van der Waals surface area (Å²) in [6, 6.07) is 6.28. The second-order valence-electron chi connectivity index (χ2n) is 6.74. The highest BCUT2D eigenvalue weighted by Crippen LogP contribution is 2.26. The van der Waals surface area contributed by atoms with E-state index in [2.05, 4.69) is 60.6 Å². The maximum atomic E-state index is 5.52. The number of hydrogen-bond acceptors (Lipinski definition) is 3. The first-order valence-electron chi connectivity index (χ1n) is 9.60. The Labute approximate surface area is 186 Å². The molecule has 1 unspecified atom stereocenters. The molecule has 0 bridgehead atoms. The number of aryl methyl sites for hydroxylation is 3. The SMILES string of the molecule is CCc1nn(C)c(CC)c1CNC(=NC)NC(C)c1cc(C)ccc1OC.I. The molecule has 2 aromatic rings. The van der Waals surface area contributed by atoms with Crippen LogP contribution in [0.1, 0.15) is 54.9 Å². The molecule has 0 amide bonds. The minimum Gasteiger partial charge on any atom is -0.496 e. The van der Waals surface area contributed by atoms with Gasteiger partial charge in [0.15, 0.2) is 5.96 Å². The molecule has 0 saturated heterocycles. The van der Waals surface area contributed by atoms with Gasteiger partial charge in [-0.1, -0.05) is 31.5 Å². The number of nitrogens with one attached hydrogen (secondary N) is 2. The van der Waals surface area contributed by atoms with Crippen LogP contribution in [0.2, 0.25) is 0 Å². The van der Waals surface area contributed by atoms with Crippen LogP contribution in [0.3, 0.4) is 0 Å². The molecule has 28 heavy (non-hydrogen) atoms. The molecule has 1 aromatic carbocycles. The average Bonchev–Trinajstić information content (AvgIpc) is 2.99. The first-order valence-corrected chi connectivity index (χ1v) is 9.60. The third-order valence-electron chi connectivity index (χ3n) is 4.89. The second-order valence-corrected chi connectivity index (χ2v) is 6.74. The summed E-state index contributed by atoms with van der Waals surface area (Å²) in [7, 11) is 5.51. The van der Waals surface area contributed by atoms with Crippen molar-refractivity contribution in [2.24, 2.45) is 12.0 Å². The number of guanidine groups is 1.